The summed E-state index contributed by atoms with van der Waals surface area (Å²) in [6.45, 7) is 9.12. The van der Waals surface area contributed by atoms with E-state index in [0.29, 0.717) is 5.92 Å². The van der Waals surface area contributed by atoms with E-state index in [1.807, 2.05) is 0 Å². The molecule has 2 heterocycles. The Morgan fingerprint density at radius 2 is 2.33 bits per heavy atom. The van der Waals surface area contributed by atoms with Crippen molar-refractivity contribution in [1.82, 2.24) is 4.98 Å². The van der Waals surface area contributed by atoms with Gasteiger partial charge in [-0.15, -0.1) is 0 Å². The van der Waals surface area contributed by atoms with Crippen molar-refractivity contribution in [3.05, 3.63) is 10.6 Å². The third-order valence-electron chi connectivity index (χ3n) is 3.13. The molecule has 0 amide bonds. The zero-order valence-corrected chi connectivity index (χ0v) is 12.2. The Labute approximate surface area is 113 Å². The SMILES string of the molecule is CC1CN(c2nc(C(C)C)c(CO)s2)CCCO1. The fourth-order valence-corrected chi connectivity index (χ4v) is 3.33. The molecule has 0 radical (unpaired) electrons. The highest BCUT2D eigenvalue weighted by Crippen LogP contribution is 2.31. The Morgan fingerprint density at radius 1 is 1.56 bits per heavy atom. The van der Waals surface area contributed by atoms with E-state index in [1.165, 1.54) is 0 Å². The van der Waals surface area contributed by atoms with E-state index in [2.05, 4.69) is 25.7 Å². The maximum absolute atomic E-state index is 9.41. The van der Waals surface area contributed by atoms with Gasteiger partial charge < -0.3 is 14.7 Å². The number of nitrogens with zero attached hydrogens (tertiary/aromatic N) is 2. The van der Waals surface area contributed by atoms with Gasteiger partial charge in [0, 0.05) is 19.7 Å². The van der Waals surface area contributed by atoms with Crippen LogP contribution in [0, 0.1) is 0 Å². The number of hydrogen-bond acceptors (Lipinski definition) is 5. The smallest absolute Gasteiger partial charge is 0.185 e. The van der Waals surface area contributed by atoms with E-state index in [0.717, 1.165) is 41.8 Å². The molecule has 1 aromatic rings. The van der Waals surface area contributed by atoms with Crippen LogP contribution in [0.5, 0.6) is 0 Å². The van der Waals surface area contributed by atoms with E-state index in [9.17, 15) is 5.11 Å². The lowest BCUT2D eigenvalue weighted by Gasteiger charge is -2.21. The number of hydrogen-bond donors (Lipinski definition) is 1. The van der Waals surface area contributed by atoms with E-state index in [1.54, 1.807) is 11.3 Å². The van der Waals surface area contributed by atoms with Crippen LogP contribution in [0.1, 0.15) is 43.7 Å². The topological polar surface area (TPSA) is 45.6 Å². The molecule has 2 rings (SSSR count). The van der Waals surface area contributed by atoms with Crippen molar-refractivity contribution in [3.8, 4) is 0 Å². The Kier molecular flexibility index (Phi) is 4.59. The van der Waals surface area contributed by atoms with Crippen LogP contribution in [0.2, 0.25) is 0 Å². The highest BCUT2D eigenvalue weighted by atomic mass is 32.1. The first-order chi connectivity index (χ1) is 8.61. The van der Waals surface area contributed by atoms with Crippen LogP contribution >= 0.6 is 11.3 Å². The summed E-state index contributed by atoms with van der Waals surface area (Å²) < 4.78 is 5.65. The van der Waals surface area contributed by atoms with Gasteiger partial charge in [-0.2, -0.15) is 0 Å². The van der Waals surface area contributed by atoms with Crippen molar-refractivity contribution in [2.45, 2.75) is 45.8 Å². The summed E-state index contributed by atoms with van der Waals surface area (Å²) in [6, 6.07) is 0. The van der Waals surface area contributed by atoms with Crippen LogP contribution in [0.25, 0.3) is 0 Å². The Bertz CT molecular complexity index is 392. The van der Waals surface area contributed by atoms with Crippen molar-refractivity contribution in [3.63, 3.8) is 0 Å². The number of aliphatic hydroxyl groups excluding tert-OH is 1. The fourth-order valence-electron chi connectivity index (χ4n) is 2.22. The van der Waals surface area contributed by atoms with Crippen molar-refractivity contribution in [2.24, 2.45) is 0 Å². The second-order valence-corrected chi connectivity index (χ2v) is 6.16. The molecular formula is C13H22N2O2S. The highest BCUT2D eigenvalue weighted by molar-refractivity contribution is 7.15. The molecule has 1 saturated heterocycles. The predicted molar refractivity (Wildman–Crippen MR) is 74.4 cm³/mol. The van der Waals surface area contributed by atoms with Crippen molar-refractivity contribution in [2.75, 3.05) is 24.6 Å². The quantitative estimate of drug-likeness (QED) is 0.916. The summed E-state index contributed by atoms with van der Waals surface area (Å²) in [7, 11) is 0. The Morgan fingerprint density at radius 3 is 2.94 bits per heavy atom. The van der Waals surface area contributed by atoms with Gasteiger partial charge in [0.2, 0.25) is 0 Å². The number of thiazole rings is 1. The highest BCUT2D eigenvalue weighted by Gasteiger charge is 2.21. The standard InChI is InChI=1S/C13H22N2O2S/c1-9(2)12-11(8-16)18-13(14-12)15-5-4-6-17-10(3)7-15/h9-10,16H,4-8H2,1-3H3. The molecule has 102 valence electrons. The summed E-state index contributed by atoms with van der Waals surface area (Å²) in [5.41, 5.74) is 1.04. The summed E-state index contributed by atoms with van der Waals surface area (Å²) in [5.74, 6) is 0.359. The average molecular weight is 270 g/mol. The van der Waals surface area contributed by atoms with Crippen LogP contribution in [0.15, 0.2) is 0 Å². The Hall–Kier alpha value is -0.650. The van der Waals surface area contributed by atoms with Gasteiger partial charge >= 0.3 is 0 Å². The molecule has 0 bridgehead atoms. The van der Waals surface area contributed by atoms with Gasteiger partial charge in [0.05, 0.1) is 23.3 Å². The molecule has 4 nitrogen and oxygen atoms in total. The van der Waals surface area contributed by atoms with Crippen LogP contribution < -0.4 is 4.90 Å². The molecule has 1 aliphatic rings. The first-order valence-corrected chi connectivity index (χ1v) is 7.40. The third kappa shape index (κ3) is 3.02. The maximum atomic E-state index is 9.41. The molecule has 1 aliphatic heterocycles. The van der Waals surface area contributed by atoms with E-state index >= 15 is 0 Å². The lowest BCUT2D eigenvalue weighted by molar-refractivity contribution is 0.0821. The van der Waals surface area contributed by atoms with Crippen molar-refractivity contribution in [1.29, 1.82) is 0 Å². The van der Waals surface area contributed by atoms with Gasteiger partial charge in [0.1, 0.15) is 0 Å². The minimum atomic E-state index is 0.0884. The summed E-state index contributed by atoms with van der Waals surface area (Å²) in [5, 5.41) is 10.4. The fraction of sp³-hybridized carbons (Fsp3) is 0.769. The van der Waals surface area contributed by atoms with E-state index in [4.69, 9.17) is 9.72 Å². The summed E-state index contributed by atoms with van der Waals surface area (Å²) >= 11 is 1.61. The number of ether oxygens (including phenoxy) is 1. The molecule has 5 heteroatoms. The first kappa shape index (κ1) is 13.8. The largest absolute Gasteiger partial charge is 0.391 e. The van der Waals surface area contributed by atoms with E-state index < -0.39 is 0 Å². The average Bonchev–Trinajstić information content (AvgIpc) is 2.66. The zero-order chi connectivity index (χ0) is 13.1. The second kappa shape index (κ2) is 5.99. The number of anilines is 1. The molecule has 0 aliphatic carbocycles. The van der Waals surface area contributed by atoms with Crippen LogP contribution in [0.4, 0.5) is 5.13 Å². The minimum absolute atomic E-state index is 0.0884. The van der Waals surface area contributed by atoms with Gasteiger partial charge in [0.25, 0.3) is 0 Å². The van der Waals surface area contributed by atoms with Crippen molar-refractivity contribution < 1.29 is 9.84 Å². The molecule has 1 fully saturated rings. The summed E-state index contributed by atoms with van der Waals surface area (Å²) in [6.07, 6.45) is 1.28. The zero-order valence-electron chi connectivity index (χ0n) is 11.3. The van der Waals surface area contributed by atoms with Crippen LogP contribution in [-0.4, -0.2) is 35.9 Å². The lowest BCUT2D eigenvalue weighted by Crippen LogP contribution is -2.29. The molecule has 0 aromatic carbocycles. The lowest BCUT2D eigenvalue weighted by atomic mass is 10.1. The van der Waals surface area contributed by atoms with Gasteiger partial charge in [-0.25, -0.2) is 4.98 Å². The third-order valence-corrected chi connectivity index (χ3v) is 4.25. The number of rotatable bonds is 3. The van der Waals surface area contributed by atoms with Crippen LogP contribution in [-0.2, 0) is 11.3 Å². The Balaban J connectivity index is 2.21. The van der Waals surface area contributed by atoms with Gasteiger partial charge in [-0.1, -0.05) is 25.2 Å². The van der Waals surface area contributed by atoms with E-state index in [-0.39, 0.29) is 12.7 Å². The van der Waals surface area contributed by atoms with Gasteiger partial charge in [0.15, 0.2) is 5.13 Å². The molecule has 0 spiro atoms. The minimum Gasteiger partial charge on any atom is -0.391 e. The van der Waals surface area contributed by atoms with Gasteiger partial charge in [-0.3, -0.25) is 0 Å². The number of aliphatic hydroxyl groups is 1. The first-order valence-electron chi connectivity index (χ1n) is 6.58. The van der Waals surface area contributed by atoms with Crippen molar-refractivity contribution >= 4 is 16.5 Å². The molecule has 0 saturated carbocycles. The molecule has 1 N–H and O–H groups in total. The molecule has 1 aromatic heterocycles. The predicted octanol–water partition coefficient (Wildman–Crippen LogP) is 2.37. The monoisotopic (exact) mass is 270 g/mol. The second-order valence-electron chi connectivity index (χ2n) is 5.10. The summed E-state index contributed by atoms with van der Waals surface area (Å²) in [4.78, 5) is 7.99. The molecule has 1 unspecified atom stereocenters. The molecule has 18 heavy (non-hydrogen) atoms. The molecular weight excluding hydrogens is 248 g/mol. The molecule has 1 atom stereocenters. The normalized spacial score (nSPS) is 21.4. The maximum Gasteiger partial charge on any atom is 0.185 e. The van der Waals surface area contributed by atoms with Gasteiger partial charge in [-0.05, 0) is 19.3 Å². The van der Waals surface area contributed by atoms with Crippen LogP contribution in [0.3, 0.4) is 0 Å². The number of aromatic nitrogens is 1.